The van der Waals surface area contributed by atoms with Gasteiger partial charge in [0.1, 0.15) is 6.04 Å². The van der Waals surface area contributed by atoms with Crippen LogP contribution < -0.4 is 10.6 Å². The zero-order valence-corrected chi connectivity index (χ0v) is 17.5. The lowest BCUT2D eigenvalue weighted by Crippen LogP contribution is -2.58. The molecular formula is C23H33N3O3. The first-order valence-corrected chi connectivity index (χ1v) is 11.1. The second-order valence-electron chi connectivity index (χ2n) is 8.65. The quantitative estimate of drug-likeness (QED) is 0.734. The number of carbonyl (C=O) groups excluding carboxylic acids is 2. The maximum absolute atomic E-state index is 13.2. The zero-order chi connectivity index (χ0) is 20.4. The molecule has 2 fully saturated rings. The number of hydrogen-bond donors (Lipinski definition) is 2. The average Bonchev–Trinajstić information content (AvgIpc) is 3.33. The Morgan fingerprint density at radius 3 is 2.52 bits per heavy atom. The highest BCUT2D eigenvalue weighted by Crippen LogP contribution is 2.33. The first-order valence-electron chi connectivity index (χ1n) is 11.1. The van der Waals surface area contributed by atoms with Gasteiger partial charge in [-0.05, 0) is 63.1 Å². The number of nitrogens with one attached hydrogen (secondary N) is 2. The molecule has 1 aromatic rings. The van der Waals surface area contributed by atoms with Crippen LogP contribution >= 0.6 is 0 Å². The van der Waals surface area contributed by atoms with Crippen molar-refractivity contribution in [3.05, 3.63) is 35.4 Å². The van der Waals surface area contributed by atoms with Crippen molar-refractivity contribution >= 4 is 11.8 Å². The summed E-state index contributed by atoms with van der Waals surface area (Å²) in [7, 11) is 1.78. The van der Waals surface area contributed by atoms with Gasteiger partial charge in [-0.3, -0.25) is 9.59 Å². The Kier molecular flexibility index (Phi) is 6.20. The monoisotopic (exact) mass is 399 g/mol. The number of nitrogens with zero attached hydrogens (tertiary/aromatic N) is 1. The van der Waals surface area contributed by atoms with Crippen LogP contribution in [0, 0.1) is 0 Å². The molecule has 6 heteroatoms. The van der Waals surface area contributed by atoms with Crippen molar-refractivity contribution in [1.29, 1.82) is 0 Å². The van der Waals surface area contributed by atoms with Gasteiger partial charge >= 0.3 is 0 Å². The summed E-state index contributed by atoms with van der Waals surface area (Å²) in [5.41, 5.74) is 2.77. The standard InChI is InChI=1S/C23H33N3O3/c1-3-20(24-2)22(27)25-21-11-10-17-8-9-18(26(17)23(21)28)14-29-19-12-15-6-4-5-7-16(15)13-19/h4-7,17-21,24H,3,8-14H2,1-2H3,(H,25,27)/t17-,18+,20?,21+/m1/s1. The van der Waals surface area contributed by atoms with Crippen molar-refractivity contribution < 1.29 is 14.3 Å². The maximum Gasteiger partial charge on any atom is 0.245 e. The molecule has 0 saturated carbocycles. The lowest BCUT2D eigenvalue weighted by molar-refractivity contribution is -0.144. The van der Waals surface area contributed by atoms with Gasteiger partial charge in [-0.25, -0.2) is 0 Å². The van der Waals surface area contributed by atoms with Crippen LogP contribution in [0.3, 0.4) is 0 Å². The summed E-state index contributed by atoms with van der Waals surface area (Å²) in [6, 6.07) is 8.31. The van der Waals surface area contributed by atoms with Crippen LogP contribution in [-0.2, 0) is 27.2 Å². The summed E-state index contributed by atoms with van der Waals surface area (Å²) in [6.07, 6.45) is 6.56. The van der Waals surface area contributed by atoms with Crippen molar-refractivity contribution in [3.8, 4) is 0 Å². The molecule has 0 spiro atoms. The third kappa shape index (κ3) is 4.19. The van der Waals surface area contributed by atoms with E-state index < -0.39 is 6.04 Å². The molecule has 0 aromatic heterocycles. The Morgan fingerprint density at radius 1 is 1.17 bits per heavy atom. The van der Waals surface area contributed by atoms with Gasteiger partial charge in [-0.1, -0.05) is 31.2 Å². The highest BCUT2D eigenvalue weighted by atomic mass is 16.5. The van der Waals surface area contributed by atoms with Crippen molar-refractivity contribution in [3.63, 3.8) is 0 Å². The number of likely N-dealkylation sites (N-methyl/N-ethyl adjacent to an activating group) is 1. The fourth-order valence-corrected chi connectivity index (χ4v) is 5.24. The number of rotatable bonds is 7. The van der Waals surface area contributed by atoms with Crippen LogP contribution in [0.1, 0.15) is 50.2 Å². The maximum atomic E-state index is 13.2. The smallest absolute Gasteiger partial charge is 0.245 e. The first kappa shape index (κ1) is 20.4. The van der Waals surface area contributed by atoms with E-state index in [0.717, 1.165) is 38.5 Å². The fourth-order valence-electron chi connectivity index (χ4n) is 5.24. The SMILES string of the molecule is CCC(NC)C(=O)N[C@H]1CC[C@H]2CC[C@@H](COC3Cc4ccccc4C3)N2C1=O. The van der Waals surface area contributed by atoms with E-state index in [1.165, 1.54) is 11.1 Å². The van der Waals surface area contributed by atoms with Crippen molar-refractivity contribution in [2.75, 3.05) is 13.7 Å². The minimum atomic E-state index is -0.405. The molecule has 4 atom stereocenters. The zero-order valence-electron chi connectivity index (χ0n) is 17.5. The summed E-state index contributed by atoms with van der Waals surface area (Å²) < 4.78 is 6.26. The van der Waals surface area contributed by atoms with Crippen molar-refractivity contribution in [2.24, 2.45) is 0 Å². The van der Waals surface area contributed by atoms with Crippen LogP contribution in [0.4, 0.5) is 0 Å². The van der Waals surface area contributed by atoms with Crippen molar-refractivity contribution in [1.82, 2.24) is 15.5 Å². The Morgan fingerprint density at radius 2 is 1.86 bits per heavy atom. The van der Waals surface area contributed by atoms with E-state index >= 15 is 0 Å². The second kappa shape index (κ2) is 8.84. The van der Waals surface area contributed by atoms with Crippen molar-refractivity contribution in [2.45, 2.75) is 82.1 Å². The largest absolute Gasteiger partial charge is 0.375 e. The molecule has 0 bridgehead atoms. The molecule has 2 N–H and O–H groups in total. The average molecular weight is 400 g/mol. The Labute approximate surface area is 173 Å². The molecule has 3 aliphatic rings. The fraction of sp³-hybridized carbons (Fsp3) is 0.652. The van der Waals surface area contributed by atoms with Crippen LogP contribution in [-0.4, -0.2) is 60.6 Å². The highest BCUT2D eigenvalue weighted by Gasteiger charge is 2.44. The summed E-state index contributed by atoms with van der Waals surface area (Å²) in [5, 5.41) is 5.99. The lowest BCUT2D eigenvalue weighted by Gasteiger charge is -2.38. The molecule has 2 heterocycles. The van der Waals surface area contributed by atoms with Gasteiger partial charge in [-0.2, -0.15) is 0 Å². The van der Waals surface area contributed by atoms with Gasteiger partial charge in [0.15, 0.2) is 0 Å². The molecule has 2 amide bonds. The molecule has 158 valence electrons. The van der Waals surface area contributed by atoms with E-state index in [2.05, 4.69) is 34.9 Å². The molecule has 2 saturated heterocycles. The van der Waals surface area contributed by atoms with E-state index in [-0.39, 0.29) is 30.0 Å². The Hall–Kier alpha value is -1.92. The summed E-state index contributed by atoms with van der Waals surface area (Å²) in [4.78, 5) is 27.6. The van der Waals surface area contributed by atoms with Gasteiger partial charge in [0.2, 0.25) is 11.8 Å². The molecule has 1 aromatic carbocycles. The number of piperidine rings is 1. The van der Waals surface area contributed by atoms with Gasteiger partial charge in [0, 0.05) is 6.04 Å². The number of ether oxygens (including phenoxy) is 1. The highest BCUT2D eigenvalue weighted by molar-refractivity contribution is 5.90. The molecule has 6 nitrogen and oxygen atoms in total. The molecule has 2 aliphatic heterocycles. The molecule has 1 aliphatic carbocycles. The van der Waals surface area contributed by atoms with Gasteiger partial charge < -0.3 is 20.3 Å². The minimum Gasteiger partial charge on any atom is -0.375 e. The number of hydrogen-bond acceptors (Lipinski definition) is 4. The number of carbonyl (C=O) groups is 2. The summed E-state index contributed by atoms with van der Waals surface area (Å²) in [6.45, 7) is 2.56. The Balaban J connectivity index is 1.33. The third-order valence-electron chi connectivity index (χ3n) is 6.89. The number of fused-ring (bicyclic) bond motifs is 2. The topological polar surface area (TPSA) is 70.7 Å². The van der Waals surface area contributed by atoms with E-state index in [1.54, 1.807) is 7.05 Å². The van der Waals surface area contributed by atoms with Gasteiger partial charge in [0.25, 0.3) is 0 Å². The minimum absolute atomic E-state index is 0.0707. The van der Waals surface area contributed by atoms with E-state index in [1.807, 2.05) is 11.8 Å². The number of amides is 2. The van der Waals surface area contributed by atoms with Crippen LogP contribution in [0.5, 0.6) is 0 Å². The number of benzene rings is 1. The third-order valence-corrected chi connectivity index (χ3v) is 6.89. The Bertz CT molecular complexity index is 724. The van der Waals surface area contributed by atoms with Crippen LogP contribution in [0.15, 0.2) is 24.3 Å². The lowest BCUT2D eigenvalue weighted by atomic mass is 9.97. The second-order valence-corrected chi connectivity index (χ2v) is 8.65. The van der Waals surface area contributed by atoms with E-state index in [9.17, 15) is 9.59 Å². The summed E-state index contributed by atoms with van der Waals surface area (Å²) in [5.74, 6) is -0.0103. The predicted octanol–water partition coefficient (Wildman–Crippen LogP) is 1.81. The molecule has 4 rings (SSSR count). The van der Waals surface area contributed by atoms with Gasteiger partial charge in [0.05, 0.1) is 24.8 Å². The molecular weight excluding hydrogens is 366 g/mol. The molecule has 29 heavy (non-hydrogen) atoms. The van der Waals surface area contributed by atoms with Crippen LogP contribution in [0.25, 0.3) is 0 Å². The van der Waals surface area contributed by atoms with Crippen LogP contribution in [0.2, 0.25) is 0 Å². The summed E-state index contributed by atoms with van der Waals surface area (Å²) >= 11 is 0. The normalized spacial score (nSPS) is 27.6. The van der Waals surface area contributed by atoms with E-state index in [0.29, 0.717) is 19.1 Å². The molecule has 0 radical (unpaired) electrons. The molecule has 1 unspecified atom stereocenters. The van der Waals surface area contributed by atoms with Gasteiger partial charge in [-0.15, -0.1) is 0 Å². The predicted molar refractivity (Wildman–Crippen MR) is 112 cm³/mol. The van der Waals surface area contributed by atoms with E-state index in [4.69, 9.17) is 4.74 Å². The first-order chi connectivity index (χ1) is 14.1.